The topological polar surface area (TPSA) is 32.5 Å². The number of hydrogen-bond acceptors (Lipinski definition) is 4. The van der Waals surface area contributed by atoms with Crippen molar-refractivity contribution >= 4 is 0 Å². The van der Waals surface area contributed by atoms with Crippen LogP contribution in [0.25, 0.3) is 11.3 Å². The van der Waals surface area contributed by atoms with E-state index in [9.17, 15) is 0 Å². The Morgan fingerprint density at radius 1 is 0.926 bits per heavy atom. The first-order valence-corrected chi connectivity index (χ1v) is 9.62. The molecule has 0 saturated carbocycles. The summed E-state index contributed by atoms with van der Waals surface area (Å²) < 4.78 is 6.00. The Bertz CT molecular complexity index is 858. The van der Waals surface area contributed by atoms with Gasteiger partial charge in [-0.1, -0.05) is 60.7 Å². The zero-order chi connectivity index (χ0) is 18.7. The number of benzene rings is 2. The second-order valence-corrected chi connectivity index (χ2v) is 7.91. The fourth-order valence-corrected chi connectivity index (χ4v) is 3.83. The summed E-state index contributed by atoms with van der Waals surface area (Å²) in [4.78, 5) is 9.52. The molecule has 0 unspecified atom stereocenters. The van der Waals surface area contributed by atoms with Crippen LogP contribution in [0.5, 0.6) is 0 Å². The lowest BCUT2D eigenvalue weighted by Crippen LogP contribution is -2.58. The summed E-state index contributed by atoms with van der Waals surface area (Å²) in [7, 11) is 0. The summed E-state index contributed by atoms with van der Waals surface area (Å²) in [6, 6.07) is 20.9. The summed E-state index contributed by atoms with van der Waals surface area (Å²) in [5.74, 6) is 1.63. The highest BCUT2D eigenvalue weighted by Crippen LogP contribution is 2.25. The minimum absolute atomic E-state index is 0.114. The first-order valence-electron chi connectivity index (χ1n) is 9.62. The molecule has 1 fully saturated rings. The number of aromatic nitrogens is 1. The molecule has 0 amide bonds. The molecule has 1 saturated heterocycles. The van der Waals surface area contributed by atoms with Crippen LogP contribution in [0, 0.1) is 0 Å². The van der Waals surface area contributed by atoms with E-state index in [1.165, 1.54) is 5.56 Å². The van der Waals surface area contributed by atoms with Crippen LogP contribution in [0.15, 0.2) is 71.3 Å². The van der Waals surface area contributed by atoms with Gasteiger partial charge in [-0.15, -0.1) is 0 Å². The third-order valence-corrected chi connectivity index (χ3v) is 5.34. The van der Waals surface area contributed by atoms with Gasteiger partial charge in [-0.2, -0.15) is 0 Å². The Morgan fingerprint density at radius 3 is 2.33 bits per heavy atom. The lowest BCUT2D eigenvalue weighted by molar-refractivity contribution is 0.00724. The van der Waals surface area contributed by atoms with Crippen LogP contribution in [-0.4, -0.2) is 40.0 Å². The van der Waals surface area contributed by atoms with Gasteiger partial charge >= 0.3 is 0 Å². The maximum atomic E-state index is 6.00. The Hall–Kier alpha value is -2.43. The molecule has 4 nitrogen and oxygen atoms in total. The summed E-state index contributed by atoms with van der Waals surface area (Å²) in [6.07, 6.45) is 1.83. The fourth-order valence-electron chi connectivity index (χ4n) is 3.83. The molecule has 1 aromatic heterocycles. The third-order valence-electron chi connectivity index (χ3n) is 5.34. The van der Waals surface area contributed by atoms with Gasteiger partial charge in [-0.25, -0.2) is 4.98 Å². The normalized spacial score (nSPS) is 17.9. The van der Waals surface area contributed by atoms with Crippen LogP contribution < -0.4 is 0 Å². The van der Waals surface area contributed by atoms with Crippen LogP contribution in [-0.2, 0) is 13.1 Å². The summed E-state index contributed by atoms with van der Waals surface area (Å²) in [6.45, 7) is 9.49. The van der Waals surface area contributed by atoms with Crippen molar-refractivity contribution in [2.75, 3.05) is 19.6 Å². The fraction of sp³-hybridized carbons (Fsp3) is 0.348. The van der Waals surface area contributed by atoms with Crippen LogP contribution in [0.3, 0.4) is 0 Å². The van der Waals surface area contributed by atoms with Gasteiger partial charge in [0.15, 0.2) is 5.76 Å². The first kappa shape index (κ1) is 18.0. The van der Waals surface area contributed by atoms with Crippen LogP contribution in [0.1, 0.15) is 25.3 Å². The van der Waals surface area contributed by atoms with E-state index in [2.05, 4.69) is 71.1 Å². The molecule has 140 valence electrons. The van der Waals surface area contributed by atoms with Crippen LogP contribution >= 0.6 is 0 Å². The standard InChI is InChI=1S/C23H27N3O/c1-23(2)18-25(13-14-26(23)16-19-9-5-3-6-10-19)17-22-24-15-21(27-22)20-11-7-4-8-12-20/h3-12,15H,13-14,16-18H2,1-2H3. The molecule has 2 aromatic carbocycles. The van der Waals surface area contributed by atoms with E-state index < -0.39 is 0 Å². The van der Waals surface area contributed by atoms with Gasteiger partial charge in [0, 0.05) is 37.3 Å². The van der Waals surface area contributed by atoms with Crippen molar-refractivity contribution in [2.24, 2.45) is 0 Å². The van der Waals surface area contributed by atoms with Crippen molar-refractivity contribution < 1.29 is 4.42 Å². The highest BCUT2D eigenvalue weighted by atomic mass is 16.4. The molecule has 0 N–H and O–H groups in total. The van der Waals surface area contributed by atoms with Crippen molar-refractivity contribution in [1.82, 2.24) is 14.8 Å². The lowest BCUT2D eigenvalue weighted by atomic mass is 9.97. The predicted molar refractivity (Wildman–Crippen MR) is 108 cm³/mol. The molecule has 1 aliphatic rings. The molecule has 0 aliphatic carbocycles. The lowest BCUT2D eigenvalue weighted by Gasteiger charge is -2.47. The van der Waals surface area contributed by atoms with E-state index in [1.807, 2.05) is 24.4 Å². The van der Waals surface area contributed by atoms with Crippen molar-refractivity contribution in [1.29, 1.82) is 0 Å². The minimum atomic E-state index is 0.114. The second kappa shape index (κ2) is 7.67. The Morgan fingerprint density at radius 2 is 1.63 bits per heavy atom. The zero-order valence-corrected chi connectivity index (χ0v) is 16.1. The van der Waals surface area contributed by atoms with E-state index in [4.69, 9.17) is 4.42 Å². The van der Waals surface area contributed by atoms with Gasteiger partial charge in [0.05, 0.1) is 12.7 Å². The van der Waals surface area contributed by atoms with Gasteiger partial charge in [-0.3, -0.25) is 9.80 Å². The molecule has 0 bridgehead atoms. The van der Waals surface area contributed by atoms with Gasteiger partial charge < -0.3 is 4.42 Å². The third kappa shape index (κ3) is 4.29. The number of oxazole rings is 1. The molecule has 2 heterocycles. The molecule has 0 spiro atoms. The molecule has 1 aliphatic heterocycles. The Balaban J connectivity index is 1.39. The van der Waals surface area contributed by atoms with Crippen molar-refractivity contribution in [3.63, 3.8) is 0 Å². The summed E-state index contributed by atoms with van der Waals surface area (Å²) in [5, 5.41) is 0. The Labute approximate surface area is 161 Å². The van der Waals surface area contributed by atoms with E-state index >= 15 is 0 Å². The number of rotatable bonds is 5. The van der Waals surface area contributed by atoms with Crippen molar-refractivity contribution in [3.05, 3.63) is 78.3 Å². The quantitative estimate of drug-likeness (QED) is 0.673. The molecule has 0 radical (unpaired) electrons. The number of piperazine rings is 1. The van der Waals surface area contributed by atoms with E-state index in [1.54, 1.807) is 0 Å². The molecule has 4 rings (SSSR count). The molecule has 27 heavy (non-hydrogen) atoms. The average Bonchev–Trinajstić information content (AvgIpc) is 3.14. The molecule has 3 aromatic rings. The largest absolute Gasteiger partial charge is 0.439 e. The van der Waals surface area contributed by atoms with E-state index in [-0.39, 0.29) is 5.54 Å². The monoisotopic (exact) mass is 361 g/mol. The first-order chi connectivity index (χ1) is 13.1. The maximum absolute atomic E-state index is 6.00. The Kier molecular flexibility index (Phi) is 5.10. The van der Waals surface area contributed by atoms with Crippen molar-refractivity contribution in [3.8, 4) is 11.3 Å². The molecular formula is C23H27N3O. The molecule has 4 heteroatoms. The van der Waals surface area contributed by atoms with Gasteiger partial charge in [0.2, 0.25) is 5.89 Å². The van der Waals surface area contributed by atoms with Crippen LogP contribution in [0.4, 0.5) is 0 Å². The van der Waals surface area contributed by atoms with Crippen LogP contribution in [0.2, 0.25) is 0 Å². The highest BCUT2D eigenvalue weighted by molar-refractivity contribution is 5.55. The smallest absolute Gasteiger partial charge is 0.209 e. The van der Waals surface area contributed by atoms with Gasteiger partial charge in [0.1, 0.15) is 0 Å². The zero-order valence-electron chi connectivity index (χ0n) is 16.1. The molecule has 0 atom stereocenters. The predicted octanol–water partition coefficient (Wildman–Crippen LogP) is 4.44. The second-order valence-electron chi connectivity index (χ2n) is 7.91. The highest BCUT2D eigenvalue weighted by Gasteiger charge is 2.33. The summed E-state index contributed by atoms with van der Waals surface area (Å²) in [5.41, 5.74) is 2.56. The SMILES string of the molecule is CC1(C)CN(Cc2ncc(-c3ccccc3)o2)CCN1Cc1ccccc1. The van der Waals surface area contributed by atoms with E-state index in [0.29, 0.717) is 0 Å². The average molecular weight is 361 g/mol. The molecular weight excluding hydrogens is 334 g/mol. The summed E-state index contributed by atoms with van der Waals surface area (Å²) >= 11 is 0. The van der Waals surface area contributed by atoms with Crippen molar-refractivity contribution in [2.45, 2.75) is 32.5 Å². The minimum Gasteiger partial charge on any atom is -0.439 e. The maximum Gasteiger partial charge on any atom is 0.209 e. The van der Waals surface area contributed by atoms with E-state index in [0.717, 1.165) is 49.9 Å². The van der Waals surface area contributed by atoms with Gasteiger partial charge in [0.25, 0.3) is 0 Å². The number of nitrogens with zero attached hydrogens (tertiary/aromatic N) is 3. The van der Waals surface area contributed by atoms with Gasteiger partial charge in [-0.05, 0) is 19.4 Å². The number of hydrogen-bond donors (Lipinski definition) is 0.